The maximum absolute atomic E-state index is 14.0. The fourth-order valence-corrected chi connectivity index (χ4v) is 3.17. The molecule has 140 valence electrons. The highest BCUT2D eigenvalue weighted by molar-refractivity contribution is 7.13. The molecule has 1 aromatic heterocycles. The van der Waals surface area contributed by atoms with Crippen LogP contribution in [-0.2, 0) is 0 Å². The van der Waals surface area contributed by atoms with Gasteiger partial charge >= 0.3 is 6.09 Å². The molecular formula is C17H19F2N3O3S. The number of carbonyl (C=O) groups is 2. The molecule has 0 aliphatic carbocycles. The van der Waals surface area contributed by atoms with Gasteiger partial charge in [-0.05, 0) is 32.9 Å². The molecule has 0 spiro atoms. The van der Waals surface area contributed by atoms with Crippen LogP contribution < -0.4 is 5.32 Å². The van der Waals surface area contributed by atoms with Crippen LogP contribution in [0.5, 0.6) is 0 Å². The van der Waals surface area contributed by atoms with Crippen molar-refractivity contribution in [3.8, 4) is 10.4 Å². The first kappa shape index (κ1) is 19.8. The van der Waals surface area contributed by atoms with Gasteiger partial charge in [-0.15, -0.1) is 11.3 Å². The monoisotopic (exact) mass is 383 g/mol. The van der Waals surface area contributed by atoms with Gasteiger partial charge in [0, 0.05) is 30.3 Å². The average molecular weight is 383 g/mol. The van der Waals surface area contributed by atoms with E-state index in [1.165, 1.54) is 16.5 Å². The number of rotatable bonds is 5. The minimum Gasteiger partial charge on any atom is -0.465 e. The van der Waals surface area contributed by atoms with E-state index in [4.69, 9.17) is 0 Å². The summed E-state index contributed by atoms with van der Waals surface area (Å²) >= 11 is 1.06. The molecule has 9 heteroatoms. The van der Waals surface area contributed by atoms with Gasteiger partial charge in [-0.1, -0.05) is 0 Å². The molecule has 0 fully saturated rings. The normalized spacial score (nSPS) is 11.3. The lowest BCUT2D eigenvalue weighted by atomic mass is 10.1. The Morgan fingerprint density at radius 1 is 1.31 bits per heavy atom. The predicted octanol–water partition coefficient (Wildman–Crippen LogP) is 3.60. The number of benzene rings is 1. The standard InChI is InChI=1S/C17H19F2N3O3S/c1-17(2,3)22(16(24)25)7-6-20-15(23)13-14(26-9-21-13)11-5-4-10(18)8-12(11)19/h4-5,8-9H,6-7H2,1-3H3,(H,20,23)(H,24,25). The van der Waals surface area contributed by atoms with Crippen molar-refractivity contribution >= 4 is 23.3 Å². The van der Waals surface area contributed by atoms with Gasteiger partial charge in [-0.2, -0.15) is 0 Å². The molecule has 0 saturated carbocycles. The summed E-state index contributed by atoms with van der Waals surface area (Å²) < 4.78 is 27.0. The van der Waals surface area contributed by atoms with E-state index in [-0.39, 0.29) is 29.2 Å². The first-order valence-electron chi connectivity index (χ1n) is 7.79. The van der Waals surface area contributed by atoms with Crippen LogP contribution in [0.4, 0.5) is 13.6 Å². The molecule has 2 aromatic rings. The molecule has 2 amide bonds. The molecular weight excluding hydrogens is 364 g/mol. The molecule has 1 heterocycles. The van der Waals surface area contributed by atoms with E-state index in [0.29, 0.717) is 0 Å². The number of nitrogens with zero attached hydrogens (tertiary/aromatic N) is 2. The van der Waals surface area contributed by atoms with Crippen molar-refractivity contribution < 1.29 is 23.5 Å². The predicted molar refractivity (Wildman–Crippen MR) is 94.3 cm³/mol. The summed E-state index contributed by atoms with van der Waals surface area (Å²) in [5, 5.41) is 11.8. The fraction of sp³-hybridized carbons (Fsp3) is 0.353. The molecule has 0 saturated heterocycles. The van der Waals surface area contributed by atoms with Crippen molar-refractivity contribution in [3.63, 3.8) is 0 Å². The van der Waals surface area contributed by atoms with Crippen LogP contribution in [-0.4, -0.2) is 45.6 Å². The summed E-state index contributed by atoms with van der Waals surface area (Å²) in [5.74, 6) is -2.05. The summed E-state index contributed by atoms with van der Waals surface area (Å²) in [7, 11) is 0. The van der Waals surface area contributed by atoms with Crippen molar-refractivity contribution in [1.82, 2.24) is 15.2 Å². The van der Waals surface area contributed by atoms with Crippen molar-refractivity contribution in [2.45, 2.75) is 26.3 Å². The molecule has 0 atom stereocenters. The highest BCUT2D eigenvalue weighted by Crippen LogP contribution is 2.30. The number of hydrogen-bond donors (Lipinski definition) is 2. The summed E-state index contributed by atoms with van der Waals surface area (Å²) in [6.07, 6.45) is -1.09. The number of amides is 2. The molecule has 2 rings (SSSR count). The average Bonchev–Trinajstić information content (AvgIpc) is 2.99. The van der Waals surface area contributed by atoms with E-state index >= 15 is 0 Å². The van der Waals surface area contributed by atoms with Gasteiger partial charge < -0.3 is 15.3 Å². The van der Waals surface area contributed by atoms with Gasteiger partial charge in [0.25, 0.3) is 5.91 Å². The third-order valence-corrected chi connectivity index (χ3v) is 4.48. The van der Waals surface area contributed by atoms with Crippen LogP contribution in [0, 0.1) is 11.6 Å². The maximum Gasteiger partial charge on any atom is 0.407 e. The summed E-state index contributed by atoms with van der Waals surface area (Å²) in [6.45, 7) is 5.41. The summed E-state index contributed by atoms with van der Waals surface area (Å²) in [6, 6.07) is 3.10. The zero-order chi connectivity index (χ0) is 19.5. The van der Waals surface area contributed by atoms with Gasteiger partial charge in [0.2, 0.25) is 0 Å². The number of halogens is 2. The van der Waals surface area contributed by atoms with Crippen LogP contribution in [0.2, 0.25) is 0 Å². The Morgan fingerprint density at radius 3 is 2.58 bits per heavy atom. The van der Waals surface area contributed by atoms with Gasteiger partial charge in [-0.3, -0.25) is 4.79 Å². The Labute approximate surface area is 153 Å². The zero-order valence-electron chi connectivity index (χ0n) is 14.5. The number of thiazole rings is 1. The number of hydrogen-bond acceptors (Lipinski definition) is 4. The Balaban J connectivity index is 2.10. The molecule has 0 aliphatic rings. The van der Waals surface area contributed by atoms with Crippen molar-refractivity contribution in [2.75, 3.05) is 13.1 Å². The summed E-state index contributed by atoms with van der Waals surface area (Å²) in [5.41, 5.74) is 0.879. The topological polar surface area (TPSA) is 82.5 Å². The third kappa shape index (κ3) is 4.54. The zero-order valence-corrected chi connectivity index (χ0v) is 15.4. The highest BCUT2D eigenvalue weighted by Gasteiger charge is 2.26. The third-order valence-electron chi connectivity index (χ3n) is 3.62. The number of nitrogens with one attached hydrogen (secondary N) is 1. The number of carbonyl (C=O) groups excluding carboxylic acids is 1. The van der Waals surface area contributed by atoms with Crippen LogP contribution in [0.1, 0.15) is 31.3 Å². The first-order valence-corrected chi connectivity index (χ1v) is 8.67. The minimum absolute atomic E-state index is 0.0122. The summed E-state index contributed by atoms with van der Waals surface area (Å²) in [4.78, 5) is 29.1. The van der Waals surface area contributed by atoms with Gasteiger partial charge in [0.1, 0.15) is 17.3 Å². The molecule has 0 aliphatic heterocycles. The van der Waals surface area contributed by atoms with Gasteiger partial charge in [0.15, 0.2) is 0 Å². The van der Waals surface area contributed by atoms with Crippen LogP contribution >= 0.6 is 11.3 Å². The minimum atomic E-state index is -1.09. The van der Waals surface area contributed by atoms with E-state index in [1.54, 1.807) is 20.8 Å². The van der Waals surface area contributed by atoms with Crippen molar-refractivity contribution in [2.24, 2.45) is 0 Å². The Bertz CT molecular complexity index is 818. The number of aromatic nitrogens is 1. The second-order valence-electron chi connectivity index (χ2n) is 6.52. The fourth-order valence-electron chi connectivity index (χ4n) is 2.36. The van der Waals surface area contributed by atoms with Crippen molar-refractivity contribution in [3.05, 3.63) is 41.0 Å². The van der Waals surface area contributed by atoms with Gasteiger partial charge in [0.05, 0.1) is 10.4 Å². The Kier molecular flexibility index (Phi) is 5.91. The highest BCUT2D eigenvalue weighted by atomic mass is 32.1. The quantitative estimate of drug-likeness (QED) is 0.827. The Hall–Kier alpha value is -2.55. The molecule has 6 nitrogen and oxygen atoms in total. The lowest BCUT2D eigenvalue weighted by Gasteiger charge is -2.33. The van der Waals surface area contributed by atoms with E-state index in [9.17, 15) is 23.5 Å². The molecule has 0 radical (unpaired) electrons. The Morgan fingerprint density at radius 2 is 2.00 bits per heavy atom. The number of carboxylic acid groups (broad SMARTS) is 1. The SMILES string of the molecule is CC(C)(C)N(CCNC(=O)c1ncsc1-c1ccc(F)cc1F)C(=O)O. The molecule has 0 unspecified atom stereocenters. The first-order chi connectivity index (χ1) is 12.1. The lowest BCUT2D eigenvalue weighted by Crippen LogP contribution is -2.48. The molecule has 26 heavy (non-hydrogen) atoms. The van der Waals surface area contributed by atoms with Crippen molar-refractivity contribution in [1.29, 1.82) is 0 Å². The largest absolute Gasteiger partial charge is 0.465 e. The molecule has 0 bridgehead atoms. The van der Waals surface area contributed by atoms with Gasteiger partial charge in [-0.25, -0.2) is 18.6 Å². The van der Waals surface area contributed by atoms with E-state index < -0.39 is 29.2 Å². The second kappa shape index (κ2) is 7.77. The maximum atomic E-state index is 14.0. The molecule has 1 aromatic carbocycles. The van der Waals surface area contributed by atoms with Crippen LogP contribution in [0.25, 0.3) is 10.4 Å². The van der Waals surface area contributed by atoms with E-state index in [1.807, 2.05) is 0 Å². The van der Waals surface area contributed by atoms with Crippen LogP contribution in [0.3, 0.4) is 0 Å². The van der Waals surface area contributed by atoms with E-state index in [0.717, 1.165) is 23.5 Å². The van der Waals surface area contributed by atoms with E-state index in [2.05, 4.69) is 10.3 Å². The smallest absolute Gasteiger partial charge is 0.407 e. The molecule has 2 N–H and O–H groups in total. The van der Waals surface area contributed by atoms with Crippen LogP contribution in [0.15, 0.2) is 23.7 Å². The lowest BCUT2D eigenvalue weighted by molar-refractivity contribution is 0.0889. The second-order valence-corrected chi connectivity index (χ2v) is 7.37.